The van der Waals surface area contributed by atoms with Crippen LogP contribution in [0.15, 0.2) is 53.1 Å². The predicted molar refractivity (Wildman–Crippen MR) is 123 cm³/mol. The summed E-state index contributed by atoms with van der Waals surface area (Å²) in [5, 5.41) is 5.06. The van der Waals surface area contributed by atoms with E-state index in [1.165, 1.54) is 12.8 Å². The van der Waals surface area contributed by atoms with Gasteiger partial charge in [-0.25, -0.2) is 9.97 Å². The lowest BCUT2D eigenvalue weighted by molar-refractivity contribution is 0.424. The van der Waals surface area contributed by atoms with Gasteiger partial charge in [-0.05, 0) is 49.2 Å². The number of rotatable bonds is 3. The van der Waals surface area contributed by atoms with Crippen molar-refractivity contribution in [3.63, 3.8) is 0 Å². The van der Waals surface area contributed by atoms with E-state index in [9.17, 15) is 0 Å². The molecule has 2 aromatic carbocycles. The monoisotopic (exact) mass is 431 g/mol. The second-order valence-corrected chi connectivity index (χ2v) is 8.61. The summed E-state index contributed by atoms with van der Waals surface area (Å²) in [5.74, 6) is 2.76. The van der Waals surface area contributed by atoms with Gasteiger partial charge in [0.2, 0.25) is 0 Å². The van der Waals surface area contributed by atoms with Crippen LogP contribution in [0.2, 0.25) is 5.02 Å². The number of halogens is 1. The summed E-state index contributed by atoms with van der Waals surface area (Å²) in [6, 6.07) is 15.8. The van der Waals surface area contributed by atoms with Gasteiger partial charge in [-0.3, -0.25) is 0 Å². The highest BCUT2D eigenvalue weighted by atomic mass is 35.5. The van der Waals surface area contributed by atoms with Crippen molar-refractivity contribution in [1.82, 2.24) is 15.1 Å². The first-order valence-corrected chi connectivity index (χ1v) is 11.1. The maximum absolute atomic E-state index is 6.07. The van der Waals surface area contributed by atoms with Crippen molar-refractivity contribution >= 4 is 34.3 Å². The molecule has 2 aliphatic heterocycles. The summed E-state index contributed by atoms with van der Waals surface area (Å²) in [5.41, 5.74) is 5.00. The lowest BCUT2D eigenvalue weighted by Gasteiger charge is -2.31. The molecule has 0 radical (unpaired) electrons. The van der Waals surface area contributed by atoms with E-state index >= 15 is 0 Å². The highest BCUT2D eigenvalue weighted by Crippen LogP contribution is 2.36. The maximum atomic E-state index is 6.07. The third-order valence-corrected chi connectivity index (χ3v) is 6.44. The van der Waals surface area contributed by atoms with Crippen LogP contribution in [0.3, 0.4) is 0 Å². The highest BCUT2D eigenvalue weighted by molar-refractivity contribution is 6.30. The van der Waals surface area contributed by atoms with Crippen LogP contribution in [0.4, 0.5) is 11.6 Å². The molecule has 4 aromatic rings. The first kappa shape index (κ1) is 18.6. The zero-order valence-corrected chi connectivity index (χ0v) is 17.8. The highest BCUT2D eigenvalue weighted by Gasteiger charge is 2.29. The molecule has 7 heteroatoms. The van der Waals surface area contributed by atoms with E-state index in [0.29, 0.717) is 11.6 Å². The molecule has 0 aliphatic carbocycles. The summed E-state index contributed by atoms with van der Waals surface area (Å²) < 4.78 is 5.76. The molecule has 0 N–H and O–H groups in total. The van der Waals surface area contributed by atoms with E-state index in [2.05, 4.69) is 15.0 Å². The molecule has 0 spiro atoms. The smallest absolute Gasteiger partial charge is 0.172 e. The summed E-state index contributed by atoms with van der Waals surface area (Å²) in [6.45, 7) is 3.60. The minimum Gasteiger partial charge on any atom is -0.356 e. The van der Waals surface area contributed by atoms with E-state index in [0.717, 1.165) is 71.3 Å². The molecule has 1 saturated heterocycles. The van der Waals surface area contributed by atoms with Gasteiger partial charge in [0.15, 0.2) is 17.4 Å². The molecule has 6 nitrogen and oxygen atoms in total. The van der Waals surface area contributed by atoms with Crippen LogP contribution in [0, 0.1) is 0 Å². The molecule has 4 heterocycles. The van der Waals surface area contributed by atoms with E-state index < -0.39 is 0 Å². The molecular weight excluding hydrogens is 410 g/mol. The SMILES string of the molecule is Clc1ccc(-c2onc3c2CN(c2nc4ccccc4nc2N2CCCC2)CC3)cc1. The second kappa shape index (κ2) is 7.54. The number of anilines is 2. The predicted octanol–water partition coefficient (Wildman–Crippen LogP) is 5.10. The Morgan fingerprint density at radius 1 is 0.806 bits per heavy atom. The minimum atomic E-state index is 0.699. The molecule has 2 aliphatic rings. The van der Waals surface area contributed by atoms with Gasteiger partial charge in [0.25, 0.3) is 0 Å². The van der Waals surface area contributed by atoms with Crippen LogP contribution in [-0.4, -0.2) is 34.8 Å². The molecule has 0 unspecified atom stereocenters. The van der Waals surface area contributed by atoms with Crippen molar-refractivity contribution in [2.24, 2.45) is 0 Å². The van der Waals surface area contributed by atoms with Gasteiger partial charge in [-0.2, -0.15) is 0 Å². The average molecular weight is 432 g/mol. The summed E-state index contributed by atoms with van der Waals surface area (Å²) in [7, 11) is 0. The lowest BCUT2D eigenvalue weighted by Crippen LogP contribution is -2.33. The third-order valence-electron chi connectivity index (χ3n) is 6.18. The molecule has 6 rings (SSSR count). The van der Waals surface area contributed by atoms with Crippen molar-refractivity contribution in [2.75, 3.05) is 29.4 Å². The standard InChI is InChI=1S/C24H22ClN5O/c25-17-9-7-16(8-10-17)22-18-15-30(14-11-19(18)28-31-22)24-23(29-12-3-4-13-29)26-20-5-1-2-6-21(20)27-24/h1-2,5-10H,3-4,11-15H2. The number of aromatic nitrogens is 3. The average Bonchev–Trinajstić information content (AvgIpc) is 3.49. The minimum absolute atomic E-state index is 0.699. The number of benzene rings is 2. The Kier molecular flexibility index (Phi) is 4.53. The maximum Gasteiger partial charge on any atom is 0.172 e. The van der Waals surface area contributed by atoms with Gasteiger partial charge in [-0.1, -0.05) is 28.9 Å². The molecule has 0 saturated carbocycles. The van der Waals surface area contributed by atoms with Gasteiger partial charge in [0.1, 0.15) is 0 Å². The van der Waals surface area contributed by atoms with Crippen LogP contribution in [-0.2, 0) is 13.0 Å². The Morgan fingerprint density at radius 2 is 1.48 bits per heavy atom. The first-order chi connectivity index (χ1) is 15.3. The Hall–Kier alpha value is -3.12. The van der Waals surface area contributed by atoms with Crippen molar-refractivity contribution in [3.8, 4) is 11.3 Å². The number of nitrogens with zero attached hydrogens (tertiary/aromatic N) is 5. The van der Waals surface area contributed by atoms with Crippen molar-refractivity contribution < 1.29 is 4.52 Å². The molecule has 0 atom stereocenters. The van der Waals surface area contributed by atoms with Gasteiger partial charge in [0.05, 0.1) is 23.3 Å². The van der Waals surface area contributed by atoms with Gasteiger partial charge < -0.3 is 14.3 Å². The molecule has 1 fully saturated rings. The molecular formula is C24H22ClN5O. The fourth-order valence-electron chi connectivity index (χ4n) is 4.56. The third kappa shape index (κ3) is 3.31. The van der Waals surface area contributed by atoms with E-state index in [1.54, 1.807) is 0 Å². The van der Waals surface area contributed by atoms with Gasteiger partial charge in [0, 0.05) is 42.2 Å². The summed E-state index contributed by atoms with van der Waals surface area (Å²) >= 11 is 6.07. The fourth-order valence-corrected chi connectivity index (χ4v) is 4.68. The van der Waals surface area contributed by atoms with E-state index in [1.807, 2.05) is 48.5 Å². The van der Waals surface area contributed by atoms with Crippen LogP contribution in [0.5, 0.6) is 0 Å². The lowest BCUT2D eigenvalue weighted by atomic mass is 10.0. The number of para-hydroxylation sites is 2. The Bertz CT molecular complexity index is 1250. The molecule has 156 valence electrons. The molecule has 0 bridgehead atoms. The van der Waals surface area contributed by atoms with Gasteiger partial charge >= 0.3 is 0 Å². The van der Waals surface area contributed by atoms with Crippen molar-refractivity contribution in [1.29, 1.82) is 0 Å². The van der Waals surface area contributed by atoms with Crippen molar-refractivity contribution in [3.05, 3.63) is 64.8 Å². The normalized spacial score (nSPS) is 16.2. The zero-order chi connectivity index (χ0) is 20.8. The fraction of sp³-hybridized carbons (Fsp3) is 0.292. The molecule has 2 aromatic heterocycles. The van der Waals surface area contributed by atoms with Crippen LogP contribution in [0.25, 0.3) is 22.4 Å². The molecule has 31 heavy (non-hydrogen) atoms. The van der Waals surface area contributed by atoms with Crippen LogP contribution >= 0.6 is 11.6 Å². The van der Waals surface area contributed by atoms with E-state index in [-0.39, 0.29) is 0 Å². The number of hydrogen-bond donors (Lipinski definition) is 0. The van der Waals surface area contributed by atoms with Crippen LogP contribution in [0.1, 0.15) is 24.1 Å². The largest absolute Gasteiger partial charge is 0.356 e. The topological polar surface area (TPSA) is 58.3 Å². The molecule has 0 amide bonds. The Balaban J connectivity index is 1.42. The Morgan fingerprint density at radius 3 is 2.19 bits per heavy atom. The quantitative estimate of drug-likeness (QED) is 0.449. The first-order valence-electron chi connectivity index (χ1n) is 10.8. The van der Waals surface area contributed by atoms with Gasteiger partial charge in [-0.15, -0.1) is 0 Å². The summed E-state index contributed by atoms with van der Waals surface area (Å²) in [6.07, 6.45) is 3.22. The van der Waals surface area contributed by atoms with E-state index in [4.69, 9.17) is 26.1 Å². The van der Waals surface area contributed by atoms with Crippen LogP contribution < -0.4 is 9.80 Å². The Labute approximate surface area is 185 Å². The van der Waals surface area contributed by atoms with Crippen molar-refractivity contribution in [2.45, 2.75) is 25.8 Å². The second-order valence-electron chi connectivity index (χ2n) is 8.17. The summed E-state index contributed by atoms with van der Waals surface area (Å²) in [4.78, 5) is 14.8. The number of fused-ring (bicyclic) bond motifs is 2. The number of hydrogen-bond acceptors (Lipinski definition) is 6. The zero-order valence-electron chi connectivity index (χ0n) is 17.1.